The number of carbonyl (C=O) groups excluding carboxylic acids is 5. The van der Waals surface area contributed by atoms with Gasteiger partial charge in [0.25, 0.3) is 5.91 Å². The molecule has 4 heterocycles. The van der Waals surface area contributed by atoms with Crippen LogP contribution in [0.4, 0.5) is 0 Å². The molecule has 0 unspecified atom stereocenters. The molecule has 0 spiro atoms. The highest BCUT2D eigenvalue weighted by Crippen LogP contribution is 2.55. The first-order chi connectivity index (χ1) is 24.5. The van der Waals surface area contributed by atoms with Gasteiger partial charge in [-0.05, 0) is 34.9 Å². The highest BCUT2D eigenvalue weighted by Gasteiger charge is 2.74. The van der Waals surface area contributed by atoms with Crippen molar-refractivity contribution < 1.29 is 57.6 Å². The number of rotatable bonds is 11. The van der Waals surface area contributed by atoms with Crippen LogP contribution >= 0.6 is 0 Å². The highest BCUT2D eigenvalue weighted by molar-refractivity contribution is 5.95. The molecule has 3 N–H and O–H groups in total. The number of aliphatic hydroxyl groups is 1. The van der Waals surface area contributed by atoms with Gasteiger partial charge in [-0.15, -0.1) is 0 Å². The number of nitrogens with zero attached hydrogens (tertiary/aromatic N) is 1. The summed E-state index contributed by atoms with van der Waals surface area (Å²) < 4.78 is 28.0. The van der Waals surface area contributed by atoms with Crippen LogP contribution in [0.5, 0.6) is 0 Å². The molecule has 270 valence electrons. The Labute approximate surface area is 293 Å². The Morgan fingerprint density at radius 1 is 1.02 bits per heavy atom. The van der Waals surface area contributed by atoms with Crippen LogP contribution in [0.2, 0.25) is 0 Å². The number of amides is 2. The molecule has 5 aliphatic rings. The van der Waals surface area contributed by atoms with E-state index in [1.54, 1.807) is 62.4 Å². The molecule has 7 atom stereocenters. The molecule has 4 aliphatic heterocycles. The maximum atomic E-state index is 14.3. The van der Waals surface area contributed by atoms with Gasteiger partial charge >= 0.3 is 17.9 Å². The van der Waals surface area contributed by atoms with Gasteiger partial charge in [0.15, 0.2) is 6.04 Å². The maximum Gasteiger partial charge on any atom is 0.348 e. The van der Waals surface area contributed by atoms with Crippen molar-refractivity contribution in [3.63, 3.8) is 0 Å². The number of ether oxygens (including phenoxy) is 5. The minimum Gasteiger partial charge on any atom is -0.462 e. The van der Waals surface area contributed by atoms with Crippen LogP contribution in [0, 0.1) is 10.8 Å². The van der Waals surface area contributed by atoms with Crippen LogP contribution in [-0.4, -0.2) is 103 Å². The second-order valence-corrected chi connectivity index (χ2v) is 14.0. The monoisotopic (exact) mass is 705 g/mol. The lowest BCUT2D eigenvalue weighted by atomic mass is 9.62. The lowest BCUT2D eigenvalue weighted by molar-refractivity contribution is -0.201. The van der Waals surface area contributed by atoms with Gasteiger partial charge < -0.3 is 39.4 Å². The maximum absolute atomic E-state index is 14.3. The van der Waals surface area contributed by atoms with Crippen molar-refractivity contribution in [1.82, 2.24) is 15.7 Å². The normalized spacial score (nSPS) is 30.4. The van der Waals surface area contributed by atoms with E-state index in [0.717, 1.165) is 0 Å². The lowest BCUT2D eigenvalue weighted by Crippen LogP contribution is -2.69. The Hall–Kier alpha value is -4.67. The van der Waals surface area contributed by atoms with Gasteiger partial charge in [0.05, 0.1) is 13.2 Å². The predicted molar refractivity (Wildman–Crippen MR) is 174 cm³/mol. The zero-order chi connectivity index (χ0) is 35.9. The molecule has 2 bridgehead atoms. The lowest BCUT2D eigenvalue weighted by Gasteiger charge is -2.48. The van der Waals surface area contributed by atoms with Gasteiger partial charge in [-0.3, -0.25) is 19.2 Å². The van der Waals surface area contributed by atoms with E-state index in [1.807, 2.05) is 6.07 Å². The van der Waals surface area contributed by atoms with Crippen molar-refractivity contribution in [2.24, 2.45) is 10.8 Å². The number of nitrogens with one attached hydrogen (secondary N) is 2. The molecule has 4 saturated heterocycles. The zero-order valence-electron chi connectivity index (χ0n) is 28.1. The van der Waals surface area contributed by atoms with E-state index in [2.05, 4.69) is 10.6 Å². The molecule has 2 aromatic carbocycles. The SMILES string of the molecule is CC1(C)COC(=O)[C@@H]1OC(=O)C=Cc1cccc(CN2O[C@@H]3[C@H]4OCO[C@H]4[C@H]4C[C@]3(C(=O)NCc3cccc(C(=O)NCCO)c3)[C@@H]2C(=O)O4)c1. The van der Waals surface area contributed by atoms with Crippen LogP contribution in [0.15, 0.2) is 54.6 Å². The zero-order valence-corrected chi connectivity index (χ0v) is 28.1. The summed E-state index contributed by atoms with van der Waals surface area (Å²) in [5.74, 6) is -2.67. The topological polar surface area (TPSA) is 188 Å². The number of carbonyl (C=O) groups is 5. The van der Waals surface area contributed by atoms with Crippen LogP contribution in [0.25, 0.3) is 6.08 Å². The fourth-order valence-electron chi connectivity index (χ4n) is 7.50. The Kier molecular flexibility index (Phi) is 9.41. The number of esters is 3. The average molecular weight is 706 g/mol. The molecule has 2 aromatic rings. The molecule has 1 aliphatic carbocycles. The number of cyclic esters (lactones) is 1. The summed E-state index contributed by atoms with van der Waals surface area (Å²) in [7, 11) is 0. The number of hydroxylamine groups is 2. The predicted octanol–water partition coefficient (Wildman–Crippen LogP) is 0.775. The molecule has 7 rings (SSSR count). The summed E-state index contributed by atoms with van der Waals surface area (Å²) in [6.07, 6.45) is -0.906. The Bertz CT molecular complexity index is 1760. The summed E-state index contributed by atoms with van der Waals surface area (Å²) in [6.45, 7) is 3.77. The van der Waals surface area contributed by atoms with Crippen molar-refractivity contribution >= 4 is 35.8 Å². The van der Waals surface area contributed by atoms with E-state index in [1.165, 1.54) is 11.1 Å². The molecule has 5 fully saturated rings. The van der Waals surface area contributed by atoms with E-state index in [9.17, 15) is 24.0 Å². The number of hydrogen-bond acceptors (Lipinski definition) is 13. The van der Waals surface area contributed by atoms with Gasteiger partial charge in [-0.1, -0.05) is 50.2 Å². The first-order valence-corrected chi connectivity index (χ1v) is 16.8. The molecular weight excluding hydrogens is 666 g/mol. The summed E-state index contributed by atoms with van der Waals surface area (Å²) in [5, 5.41) is 16.1. The smallest absolute Gasteiger partial charge is 0.348 e. The quantitative estimate of drug-likeness (QED) is 0.169. The van der Waals surface area contributed by atoms with Gasteiger partial charge in [-0.25, -0.2) is 9.59 Å². The van der Waals surface area contributed by atoms with E-state index < -0.39 is 71.2 Å². The molecule has 51 heavy (non-hydrogen) atoms. The second-order valence-electron chi connectivity index (χ2n) is 14.0. The minimum atomic E-state index is -1.37. The van der Waals surface area contributed by atoms with E-state index >= 15 is 0 Å². The third-order valence-corrected chi connectivity index (χ3v) is 9.98. The highest BCUT2D eigenvalue weighted by atomic mass is 16.8. The first-order valence-electron chi connectivity index (χ1n) is 16.8. The van der Waals surface area contributed by atoms with E-state index in [-0.39, 0.29) is 52.0 Å². The van der Waals surface area contributed by atoms with Crippen molar-refractivity contribution in [3.8, 4) is 0 Å². The van der Waals surface area contributed by atoms with Crippen LogP contribution < -0.4 is 10.6 Å². The van der Waals surface area contributed by atoms with Gasteiger partial charge in [0.2, 0.25) is 12.0 Å². The standard InChI is InChI=1S/C36H39N3O12/c1-35(2)18-46-33(44)30(35)50-25(41)10-9-20-5-3-7-22(13-20)17-39-28-32(43)49-24-15-36(28,29(51-39)27-26(24)47-19-48-27)34(45)38-16-21-6-4-8-23(14-21)31(42)37-11-12-40/h3-10,13-14,24,26-30,40H,11-12,15-19H2,1-2H3,(H,37,42)(H,38,45)/t24-,26+,27+,28+,29-,30+,36+/m1/s1. The number of aliphatic hydroxyl groups excluding tert-OH is 1. The summed E-state index contributed by atoms with van der Waals surface area (Å²) in [5.41, 5.74) is 0.381. The largest absolute Gasteiger partial charge is 0.462 e. The fourth-order valence-corrected chi connectivity index (χ4v) is 7.50. The van der Waals surface area contributed by atoms with Crippen molar-refractivity contribution in [2.45, 2.75) is 69.9 Å². The molecule has 1 saturated carbocycles. The third-order valence-electron chi connectivity index (χ3n) is 9.98. The van der Waals surface area contributed by atoms with Crippen molar-refractivity contribution in [1.29, 1.82) is 0 Å². The van der Waals surface area contributed by atoms with E-state index in [0.29, 0.717) is 22.3 Å². The summed E-state index contributed by atoms with van der Waals surface area (Å²) in [4.78, 5) is 71.6. The Morgan fingerprint density at radius 3 is 2.59 bits per heavy atom. The van der Waals surface area contributed by atoms with Gasteiger partial charge in [0.1, 0.15) is 43.2 Å². The first kappa shape index (κ1) is 34.8. The second kappa shape index (κ2) is 13.8. The molecular formula is C36H39N3O12. The molecule has 0 radical (unpaired) electrons. The van der Waals surface area contributed by atoms with Crippen LogP contribution in [0.1, 0.15) is 47.3 Å². The van der Waals surface area contributed by atoms with Crippen LogP contribution in [-0.2, 0) is 60.8 Å². The Morgan fingerprint density at radius 2 is 1.80 bits per heavy atom. The third kappa shape index (κ3) is 6.51. The number of hydrogen-bond donors (Lipinski definition) is 3. The minimum absolute atomic E-state index is 0.0347. The number of fused-ring (bicyclic) bond motifs is 4. The summed E-state index contributed by atoms with van der Waals surface area (Å²) in [6, 6.07) is 12.8. The van der Waals surface area contributed by atoms with E-state index in [4.69, 9.17) is 33.6 Å². The molecule has 2 amide bonds. The summed E-state index contributed by atoms with van der Waals surface area (Å²) >= 11 is 0. The number of benzene rings is 2. The van der Waals surface area contributed by atoms with Crippen LogP contribution in [0.3, 0.4) is 0 Å². The Balaban J connectivity index is 1.09. The van der Waals surface area contributed by atoms with Crippen molar-refractivity contribution in [2.75, 3.05) is 26.6 Å². The molecule has 15 heteroatoms. The molecule has 0 aromatic heterocycles. The molecule has 15 nitrogen and oxygen atoms in total. The fraction of sp³-hybridized carbons (Fsp3) is 0.472. The van der Waals surface area contributed by atoms with Crippen molar-refractivity contribution in [3.05, 3.63) is 76.9 Å². The van der Waals surface area contributed by atoms with Gasteiger partial charge in [0, 0.05) is 36.6 Å². The van der Waals surface area contributed by atoms with Gasteiger partial charge in [-0.2, -0.15) is 5.06 Å². The average Bonchev–Trinajstić information content (AvgIpc) is 3.81.